The van der Waals surface area contributed by atoms with Gasteiger partial charge in [-0.15, -0.1) is 0 Å². The van der Waals surface area contributed by atoms with Crippen LogP contribution < -0.4 is 10.7 Å². The first kappa shape index (κ1) is 18.7. The second kappa shape index (κ2) is 7.94. The maximum absolute atomic E-state index is 11.8. The van der Waals surface area contributed by atoms with Crippen molar-refractivity contribution in [1.82, 2.24) is 5.43 Å². The average molecular weight is 358 g/mol. The van der Waals surface area contributed by atoms with E-state index in [2.05, 4.69) is 36.6 Å². The highest BCUT2D eigenvalue weighted by Crippen LogP contribution is 2.22. The fourth-order valence-electron chi connectivity index (χ4n) is 2.03. The zero-order valence-electron chi connectivity index (χ0n) is 14.3. The van der Waals surface area contributed by atoms with Crippen LogP contribution >= 0.6 is 11.6 Å². The van der Waals surface area contributed by atoms with Gasteiger partial charge in [0.2, 0.25) is 0 Å². The fourth-order valence-corrected chi connectivity index (χ4v) is 2.21. The van der Waals surface area contributed by atoms with Gasteiger partial charge in [-0.2, -0.15) is 5.10 Å². The summed E-state index contributed by atoms with van der Waals surface area (Å²) in [5, 5.41) is 6.58. The monoisotopic (exact) mass is 357 g/mol. The summed E-state index contributed by atoms with van der Waals surface area (Å²) >= 11 is 5.93. The van der Waals surface area contributed by atoms with Gasteiger partial charge in [0.15, 0.2) is 0 Å². The molecule has 0 aromatic heterocycles. The van der Waals surface area contributed by atoms with Crippen LogP contribution in [-0.4, -0.2) is 18.0 Å². The number of hydrogen-bond donors (Lipinski definition) is 2. The maximum atomic E-state index is 11.8. The maximum Gasteiger partial charge on any atom is 0.329 e. The summed E-state index contributed by atoms with van der Waals surface area (Å²) in [5.41, 5.74) is 4.65. The number of para-hydroxylation sites is 1. The zero-order valence-corrected chi connectivity index (χ0v) is 15.1. The van der Waals surface area contributed by atoms with Crippen LogP contribution in [0.4, 0.5) is 5.69 Å². The lowest BCUT2D eigenvalue weighted by molar-refractivity contribution is -0.136. The topological polar surface area (TPSA) is 70.6 Å². The Morgan fingerprint density at radius 1 is 1.00 bits per heavy atom. The molecule has 2 N–H and O–H groups in total. The first-order valence-electron chi connectivity index (χ1n) is 7.77. The van der Waals surface area contributed by atoms with E-state index in [1.165, 1.54) is 11.8 Å². The highest BCUT2D eigenvalue weighted by molar-refractivity contribution is 6.41. The molecule has 0 bridgehead atoms. The van der Waals surface area contributed by atoms with Gasteiger partial charge < -0.3 is 5.32 Å². The van der Waals surface area contributed by atoms with Crippen molar-refractivity contribution in [2.45, 2.75) is 26.2 Å². The number of benzene rings is 2. The van der Waals surface area contributed by atoms with Crippen molar-refractivity contribution in [3.05, 3.63) is 64.7 Å². The number of carbonyl (C=O) groups excluding carboxylic acids is 2. The normalized spacial score (nSPS) is 11.4. The predicted octanol–water partition coefficient (Wildman–Crippen LogP) is 3.73. The van der Waals surface area contributed by atoms with Gasteiger partial charge >= 0.3 is 11.8 Å². The molecule has 2 aromatic rings. The number of hydrogen-bond acceptors (Lipinski definition) is 3. The molecule has 0 atom stereocenters. The summed E-state index contributed by atoms with van der Waals surface area (Å²) in [6.07, 6.45) is 1.48. The molecule has 25 heavy (non-hydrogen) atoms. The van der Waals surface area contributed by atoms with E-state index in [0.29, 0.717) is 10.7 Å². The van der Waals surface area contributed by atoms with Crippen LogP contribution in [0.3, 0.4) is 0 Å². The van der Waals surface area contributed by atoms with Crippen molar-refractivity contribution < 1.29 is 9.59 Å². The number of nitrogens with one attached hydrogen (secondary N) is 2. The summed E-state index contributed by atoms with van der Waals surface area (Å²) < 4.78 is 0. The molecular formula is C19H20ClN3O2. The van der Waals surface area contributed by atoms with Crippen LogP contribution in [0, 0.1) is 0 Å². The van der Waals surface area contributed by atoms with E-state index >= 15 is 0 Å². The Kier molecular flexibility index (Phi) is 5.93. The molecule has 2 amide bonds. The molecule has 0 saturated heterocycles. The van der Waals surface area contributed by atoms with Gasteiger partial charge in [-0.05, 0) is 28.7 Å². The molecule has 6 heteroatoms. The van der Waals surface area contributed by atoms with Gasteiger partial charge in [0.1, 0.15) is 0 Å². The minimum absolute atomic E-state index is 0.0701. The number of nitrogens with zero attached hydrogens (tertiary/aromatic N) is 1. The Bertz CT molecular complexity index is 793. The molecule has 0 saturated carbocycles. The average Bonchev–Trinajstić information content (AvgIpc) is 2.56. The van der Waals surface area contributed by atoms with Gasteiger partial charge in [-0.25, -0.2) is 5.43 Å². The summed E-state index contributed by atoms with van der Waals surface area (Å²) in [6, 6.07) is 14.5. The molecule has 2 rings (SSSR count). The summed E-state index contributed by atoms with van der Waals surface area (Å²) in [4.78, 5) is 23.6. The van der Waals surface area contributed by atoms with E-state index in [1.807, 2.05) is 24.3 Å². The molecule has 0 unspecified atom stereocenters. The third-order valence-electron chi connectivity index (χ3n) is 3.48. The van der Waals surface area contributed by atoms with E-state index in [4.69, 9.17) is 11.6 Å². The third-order valence-corrected chi connectivity index (χ3v) is 3.81. The molecule has 0 fully saturated rings. The van der Waals surface area contributed by atoms with Gasteiger partial charge in [0, 0.05) is 0 Å². The van der Waals surface area contributed by atoms with Gasteiger partial charge in [0.05, 0.1) is 16.9 Å². The van der Waals surface area contributed by atoms with Crippen LogP contribution in [0.15, 0.2) is 53.6 Å². The Morgan fingerprint density at radius 3 is 2.24 bits per heavy atom. The van der Waals surface area contributed by atoms with E-state index in [9.17, 15) is 9.59 Å². The number of amides is 2. The summed E-state index contributed by atoms with van der Waals surface area (Å²) in [6.45, 7) is 6.40. The summed E-state index contributed by atoms with van der Waals surface area (Å²) in [7, 11) is 0. The van der Waals surface area contributed by atoms with E-state index in [0.717, 1.165) is 5.56 Å². The molecule has 0 heterocycles. The van der Waals surface area contributed by atoms with Crippen molar-refractivity contribution >= 4 is 35.3 Å². The van der Waals surface area contributed by atoms with E-state index in [1.54, 1.807) is 24.3 Å². The number of halogens is 1. The minimum Gasteiger partial charge on any atom is -0.316 e. The number of anilines is 1. The first-order chi connectivity index (χ1) is 11.8. The number of rotatable bonds is 3. The van der Waals surface area contributed by atoms with Crippen LogP contribution in [0.2, 0.25) is 5.02 Å². The van der Waals surface area contributed by atoms with Crippen molar-refractivity contribution in [3.63, 3.8) is 0 Å². The predicted molar refractivity (Wildman–Crippen MR) is 101 cm³/mol. The Morgan fingerprint density at radius 2 is 1.64 bits per heavy atom. The second-order valence-corrected chi connectivity index (χ2v) is 6.91. The molecule has 0 aliphatic heterocycles. The van der Waals surface area contributed by atoms with Crippen LogP contribution in [0.1, 0.15) is 31.9 Å². The van der Waals surface area contributed by atoms with Crippen LogP contribution in [-0.2, 0) is 15.0 Å². The molecule has 0 radical (unpaired) electrons. The molecule has 130 valence electrons. The lowest BCUT2D eigenvalue weighted by Crippen LogP contribution is -2.32. The van der Waals surface area contributed by atoms with Gasteiger partial charge in [-0.3, -0.25) is 9.59 Å². The lowest BCUT2D eigenvalue weighted by atomic mass is 9.87. The zero-order chi connectivity index (χ0) is 18.4. The van der Waals surface area contributed by atoms with Crippen molar-refractivity contribution in [2.24, 2.45) is 5.10 Å². The Labute approximate surface area is 152 Å². The SMILES string of the molecule is CC(C)(C)c1ccc(/C=N\NC(=O)C(=O)Nc2ccccc2Cl)cc1. The molecule has 0 spiro atoms. The largest absolute Gasteiger partial charge is 0.329 e. The van der Waals surface area contributed by atoms with Crippen molar-refractivity contribution in [3.8, 4) is 0 Å². The molecule has 0 aliphatic carbocycles. The van der Waals surface area contributed by atoms with Crippen LogP contribution in [0.5, 0.6) is 0 Å². The lowest BCUT2D eigenvalue weighted by Gasteiger charge is -2.18. The molecule has 0 aliphatic rings. The number of carbonyl (C=O) groups is 2. The molecule has 2 aromatic carbocycles. The fraction of sp³-hybridized carbons (Fsp3) is 0.211. The van der Waals surface area contributed by atoms with Crippen molar-refractivity contribution in [1.29, 1.82) is 0 Å². The highest BCUT2D eigenvalue weighted by atomic mass is 35.5. The quantitative estimate of drug-likeness (QED) is 0.499. The Balaban J connectivity index is 1.91. The smallest absolute Gasteiger partial charge is 0.316 e. The van der Waals surface area contributed by atoms with E-state index < -0.39 is 11.8 Å². The van der Waals surface area contributed by atoms with E-state index in [-0.39, 0.29) is 5.41 Å². The second-order valence-electron chi connectivity index (χ2n) is 6.51. The van der Waals surface area contributed by atoms with Crippen LogP contribution in [0.25, 0.3) is 0 Å². The Hall–Kier alpha value is -2.66. The first-order valence-corrected chi connectivity index (χ1v) is 8.14. The standard InChI is InChI=1S/C19H20ClN3O2/c1-19(2,3)14-10-8-13(9-11-14)12-21-23-18(25)17(24)22-16-7-5-4-6-15(16)20/h4-12H,1-3H3,(H,22,24)(H,23,25)/b21-12-. The summed E-state index contributed by atoms with van der Waals surface area (Å²) in [5.74, 6) is -1.71. The highest BCUT2D eigenvalue weighted by Gasteiger charge is 2.14. The van der Waals surface area contributed by atoms with Crippen molar-refractivity contribution in [2.75, 3.05) is 5.32 Å². The van der Waals surface area contributed by atoms with Gasteiger partial charge in [-0.1, -0.05) is 68.8 Å². The minimum atomic E-state index is -0.873. The van der Waals surface area contributed by atoms with Gasteiger partial charge in [0.25, 0.3) is 0 Å². The molecule has 5 nitrogen and oxygen atoms in total. The number of hydrazone groups is 1. The third kappa shape index (κ3) is 5.43. The molecular weight excluding hydrogens is 338 g/mol.